The number of benzene rings is 2. The Morgan fingerprint density at radius 3 is 1.74 bits per heavy atom. The lowest BCUT2D eigenvalue weighted by Crippen LogP contribution is -2.56. The largest absolute Gasteiger partial charge is 0.292 e. The third-order valence-corrected chi connectivity index (χ3v) is 11.1. The van der Waals surface area contributed by atoms with Gasteiger partial charge >= 0.3 is 0 Å². The molecule has 2 aromatic carbocycles. The van der Waals surface area contributed by atoms with E-state index >= 15 is 0 Å². The molecule has 3 amide bonds. The molecule has 1 heterocycles. The second kappa shape index (κ2) is 9.29. The van der Waals surface area contributed by atoms with Crippen molar-refractivity contribution in [2.24, 2.45) is 23.7 Å². The first-order valence-electron chi connectivity index (χ1n) is 11.2. The summed E-state index contributed by atoms with van der Waals surface area (Å²) in [6.07, 6.45) is 0.761. The van der Waals surface area contributed by atoms with Crippen molar-refractivity contribution in [2.45, 2.75) is 29.0 Å². The fourth-order valence-corrected chi connectivity index (χ4v) is 7.80. The van der Waals surface area contributed by atoms with Gasteiger partial charge in [0, 0.05) is 30.8 Å². The molecule has 0 N–H and O–H groups in total. The Morgan fingerprint density at radius 2 is 1.29 bits per heavy atom. The highest BCUT2D eigenvalue weighted by Crippen LogP contribution is 2.60. The molecule has 1 saturated heterocycles. The van der Waals surface area contributed by atoms with Crippen LogP contribution in [0.1, 0.15) is 34.1 Å². The summed E-state index contributed by atoms with van der Waals surface area (Å²) in [5, 5.41) is 2.85. The molecule has 3 fully saturated rings. The van der Waals surface area contributed by atoms with Crippen molar-refractivity contribution in [3.05, 3.63) is 69.7 Å². The van der Waals surface area contributed by atoms with Crippen molar-refractivity contribution in [3.63, 3.8) is 0 Å². The van der Waals surface area contributed by atoms with E-state index in [9.17, 15) is 19.2 Å². The number of carbonyl (C=O) groups excluding carboxylic acids is 4. The van der Waals surface area contributed by atoms with Crippen LogP contribution in [0, 0.1) is 23.7 Å². The number of ketones is 1. The van der Waals surface area contributed by atoms with Gasteiger partial charge in [-0.25, -0.2) is 5.01 Å². The van der Waals surface area contributed by atoms with Crippen molar-refractivity contribution in [1.29, 1.82) is 0 Å². The molecule has 10 heteroatoms. The topological polar surface area (TPSA) is 74.8 Å². The monoisotopic (exact) mass is 640 g/mol. The Hall–Kier alpha value is -1.74. The summed E-state index contributed by atoms with van der Waals surface area (Å²) < 4.78 is 0. The van der Waals surface area contributed by atoms with Crippen molar-refractivity contribution in [2.75, 3.05) is 0 Å². The molecule has 0 spiro atoms. The molecule has 7 atom stereocenters. The maximum absolute atomic E-state index is 13.7. The molecule has 0 radical (unpaired) electrons. The summed E-state index contributed by atoms with van der Waals surface area (Å²) in [4.78, 5) is 54.7. The van der Waals surface area contributed by atoms with Crippen LogP contribution in [0.4, 0.5) is 0 Å². The van der Waals surface area contributed by atoms with E-state index in [1.54, 1.807) is 36.4 Å². The third kappa shape index (κ3) is 3.97. The zero-order valence-corrected chi connectivity index (χ0v) is 23.1. The SMILES string of the molecule is C[C@H](C(=O)c1ccc(Cl)cc1)N(C(=O)c1ccc(Cl)cc1)N1C(=O)[C@@H]2[C@H]3C[C@@H]([C@H](Br)[C@@H]3Br)[C@@H]2C1=O. The van der Waals surface area contributed by atoms with Gasteiger partial charge in [-0.1, -0.05) is 55.1 Å². The zero-order chi connectivity index (χ0) is 25.2. The minimum absolute atomic E-state index is 0.0226. The number of fused-ring (bicyclic) bond motifs is 5. The Balaban J connectivity index is 1.55. The van der Waals surface area contributed by atoms with E-state index in [0.717, 1.165) is 16.4 Å². The van der Waals surface area contributed by atoms with E-state index < -0.39 is 41.4 Å². The van der Waals surface area contributed by atoms with Gasteiger partial charge in [0.2, 0.25) is 0 Å². The fourth-order valence-electron chi connectivity index (χ4n) is 5.68. The maximum Gasteiger partial charge on any atom is 0.273 e. The third-order valence-electron chi connectivity index (χ3n) is 7.35. The number of halogens is 4. The number of Topliss-reactive ketones (excluding diaryl/α,β-unsaturated/α-hetero) is 1. The highest BCUT2D eigenvalue weighted by Gasteiger charge is 2.68. The van der Waals surface area contributed by atoms with E-state index in [1.165, 1.54) is 19.1 Å². The number of rotatable bonds is 5. The Bertz CT molecular complexity index is 1190. The fraction of sp³-hybridized carbons (Fsp3) is 0.360. The summed E-state index contributed by atoms with van der Waals surface area (Å²) in [5.74, 6) is -3.01. The van der Waals surface area contributed by atoms with Crippen molar-refractivity contribution in [1.82, 2.24) is 10.0 Å². The van der Waals surface area contributed by atoms with E-state index in [0.29, 0.717) is 15.6 Å². The number of imide groups is 1. The maximum atomic E-state index is 13.7. The minimum atomic E-state index is -1.12. The predicted molar refractivity (Wildman–Crippen MR) is 139 cm³/mol. The van der Waals surface area contributed by atoms with Crippen LogP contribution in [0.15, 0.2) is 48.5 Å². The predicted octanol–water partition coefficient (Wildman–Crippen LogP) is 5.40. The highest BCUT2D eigenvalue weighted by atomic mass is 79.9. The average molecular weight is 643 g/mol. The number of hydrogen-bond donors (Lipinski definition) is 0. The molecule has 5 rings (SSSR count). The molecule has 1 aliphatic heterocycles. The van der Waals surface area contributed by atoms with Gasteiger partial charge in [0.25, 0.3) is 17.7 Å². The summed E-state index contributed by atoms with van der Waals surface area (Å²) in [6.45, 7) is 1.52. The standard InChI is InChI=1S/C25H20Br2Cl2N2O4/c1-11(22(32)12-2-6-14(28)7-3-12)30(23(33)13-4-8-15(29)9-5-13)31-24(34)18-16-10-17(19(18)25(31)35)21(27)20(16)26/h2-9,11,16-21H,10H2,1H3/t11-,16-,17-,18-,19+,20-,21+/m1/s1. The smallest absolute Gasteiger partial charge is 0.273 e. The van der Waals surface area contributed by atoms with Gasteiger partial charge in [0.05, 0.1) is 11.8 Å². The number of hydrogen-bond acceptors (Lipinski definition) is 4. The van der Waals surface area contributed by atoms with Gasteiger partial charge < -0.3 is 0 Å². The second-order valence-corrected chi connectivity index (χ2v) is 12.2. The molecule has 35 heavy (non-hydrogen) atoms. The van der Waals surface area contributed by atoms with Crippen LogP contribution in [0.2, 0.25) is 10.0 Å². The van der Waals surface area contributed by atoms with Crippen molar-refractivity contribution >= 4 is 78.6 Å². The summed E-state index contributed by atoms with van der Waals surface area (Å²) >= 11 is 19.3. The zero-order valence-electron chi connectivity index (χ0n) is 18.4. The highest BCUT2D eigenvalue weighted by molar-refractivity contribution is 9.12. The molecule has 182 valence electrons. The molecule has 2 aromatic rings. The van der Waals surface area contributed by atoms with Crippen LogP contribution in [-0.4, -0.2) is 49.2 Å². The lowest BCUT2D eigenvalue weighted by molar-refractivity contribution is -0.157. The first-order chi connectivity index (χ1) is 16.6. The molecular weight excluding hydrogens is 623 g/mol. The number of amides is 3. The summed E-state index contributed by atoms with van der Waals surface area (Å²) in [7, 11) is 0. The number of hydrazine groups is 1. The van der Waals surface area contributed by atoms with E-state index in [1.807, 2.05) is 0 Å². The van der Waals surface area contributed by atoms with Crippen LogP contribution in [0.3, 0.4) is 0 Å². The number of carbonyl (C=O) groups is 4. The van der Waals surface area contributed by atoms with E-state index in [2.05, 4.69) is 31.9 Å². The molecule has 3 aliphatic rings. The Kier molecular flexibility index (Phi) is 6.62. The molecule has 2 aliphatic carbocycles. The summed E-state index contributed by atoms with van der Waals surface area (Å²) in [5.41, 5.74) is 0.527. The van der Waals surface area contributed by atoms with Crippen LogP contribution >= 0.6 is 55.1 Å². The van der Waals surface area contributed by atoms with Gasteiger partial charge in [-0.15, -0.1) is 0 Å². The first-order valence-corrected chi connectivity index (χ1v) is 13.7. The van der Waals surface area contributed by atoms with Crippen molar-refractivity contribution in [3.8, 4) is 0 Å². The van der Waals surface area contributed by atoms with E-state index in [-0.39, 0.29) is 27.1 Å². The van der Waals surface area contributed by atoms with Gasteiger partial charge in [-0.05, 0) is 73.7 Å². The molecule has 2 bridgehead atoms. The Labute approximate surface area is 229 Å². The quantitative estimate of drug-likeness (QED) is 0.249. The number of alkyl halides is 2. The molecular formula is C25H20Br2Cl2N2O4. The normalized spacial score (nSPS) is 29.9. The second-order valence-electron chi connectivity index (χ2n) is 9.20. The first kappa shape index (κ1) is 24.9. The molecule has 0 unspecified atom stereocenters. The van der Waals surface area contributed by atoms with Crippen LogP contribution in [-0.2, 0) is 9.59 Å². The average Bonchev–Trinajstić information content (AvgIpc) is 3.45. The molecule has 2 saturated carbocycles. The van der Waals surface area contributed by atoms with Gasteiger partial charge in [-0.2, -0.15) is 5.01 Å². The minimum Gasteiger partial charge on any atom is -0.292 e. The van der Waals surface area contributed by atoms with Crippen LogP contribution in [0.5, 0.6) is 0 Å². The molecule has 0 aromatic heterocycles. The number of nitrogens with zero attached hydrogens (tertiary/aromatic N) is 2. The lowest BCUT2D eigenvalue weighted by Gasteiger charge is -2.35. The lowest BCUT2D eigenvalue weighted by atomic mass is 9.81. The van der Waals surface area contributed by atoms with Crippen LogP contribution < -0.4 is 0 Å². The van der Waals surface area contributed by atoms with Gasteiger partial charge in [0.15, 0.2) is 5.78 Å². The van der Waals surface area contributed by atoms with Gasteiger partial charge in [-0.3, -0.25) is 19.2 Å². The van der Waals surface area contributed by atoms with Crippen LogP contribution in [0.25, 0.3) is 0 Å². The summed E-state index contributed by atoms with van der Waals surface area (Å²) in [6, 6.07) is 11.3. The van der Waals surface area contributed by atoms with Crippen molar-refractivity contribution < 1.29 is 19.2 Å². The Morgan fingerprint density at radius 1 is 0.857 bits per heavy atom. The molecule has 6 nitrogen and oxygen atoms in total. The van der Waals surface area contributed by atoms with E-state index in [4.69, 9.17) is 23.2 Å². The van der Waals surface area contributed by atoms with Gasteiger partial charge in [0.1, 0.15) is 6.04 Å².